The molecule has 0 radical (unpaired) electrons. The second-order valence-corrected chi connectivity index (χ2v) is 4.31. The van der Waals surface area contributed by atoms with Gasteiger partial charge in [0.2, 0.25) is 5.88 Å². The molecule has 0 bridgehead atoms. The van der Waals surface area contributed by atoms with Crippen LogP contribution in [0.3, 0.4) is 0 Å². The summed E-state index contributed by atoms with van der Waals surface area (Å²) in [5.74, 6) is -0.601. The van der Waals surface area contributed by atoms with Gasteiger partial charge in [0.05, 0.1) is 31.5 Å². The molecule has 1 rings (SSSR count). The van der Waals surface area contributed by atoms with Gasteiger partial charge in [0, 0.05) is 7.05 Å². The Kier molecular flexibility index (Phi) is 5.59. The first-order valence-electron chi connectivity index (χ1n) is 6.25. The molecule has 0 aliphatic carbocycles. The predicted molar refractivity (Wildman–Crippen MR) is 67.9 cm³/mol. The summed E-state index contributed by atoms with van der Waals surface area (Å²) in [6.07, 6.45) is -4.45. The normalized spacial score (nSPS) is 13.1. The van der Waals surface area contributed by atoms with Gasteiger partial charge in [-0.3, -0.25) is 5.32 Å². The van der Waals surface area contributed by atoms with Crippen LogP contribution in [0.2, 0.25) is 0 Å². The number of aryl methyl sites for hydroxylation is 2. The Bertz CT molecular complexity index is 500. The van der Waals surface area contributed by atoms with Gasteiger partial charge in [-0.25, -0.2) is 9.48 Å². The van der Waals surface area contributed by atoms with Crippen LogP contribution in [-0.2, 0) is 16.6 Å². The molecule has 0 amide bonds. The quantitative estimate of drug-likeness (QED) is 0.807. The summed E-state index contributed by atoms with van der Waals surface area (Å²) >= 11 is 0. The van der Waals surface area contributed by atoms with Gasteiger partial charge in [-0.2, -0.15) is 18.3 Å². The summed E-state index contributed by atoms with van der Waals surface area (Å²) in [7, 11) is 2.92. The summed E-state index contributed by atoms with van der Waals surface area (Å²) in [4.78, 5) is 11.9. The zero-order valence-corrected chi connectivity index (χ0v) is 12.2. The minimum atomic E-state index is -4.45. The number of nitrogens with one attached hydrogen (secondary N) is 1. The Hall–Kier alpha value is -1.77. The largest absolute Gasteiger partial charge is 0.481 e. The zero-order chi connectivity index (χ0) is 16.2. The second kappa shape index (κ2) is 6.79. The maximum atomic E-state index is 12.4. The van der Waals surface area contributed by atoms with Crippen molar-refractivity contribution in [3.8, 4) is 5.88 Å². The first-order valence-corrected chi connectivity index (χ1v) is 6.25. The molecule has 1 atom stereocenters. The summed E-state index contributed by atoms with van der Waals surface area (Å²) < 4.78 is 48.5. The lowest BCUT2D eigenvalue weighted by molar-refractivity contribution is -0.149. The Morgan fingerprint density at radius 3 is 2.57 bits per heavy atom. The van der Waals surface area contributed by atoms with E-state index < -0.39 is 24.7 Å². The average molecular weight is 309 g/mol. The number of aromatic nitrogens is 2. The van der Waals surface area contributed by atoms with Gasteiger partial charge >= 0.3 is 12.1 Å². The number of nitrogens with zero attached hydrogens (tertiary/aromatic N) is 2. The van der Waals surface area contributed by atoms with E-state index in [2.05, 4.69) is 10.4 Å². The molecule has 120 valence electrons. The molecule has 0 aliphatic heterocycles. The van der Waals surface area contributed by atoms with E-state index in [-0.39, 0.29) is 18.1 Å². The Balaban J connectivity index is 3.14. The lowest BCUT2D eigenvalue weighted by Crippen LogP contribution is -2.37. The summed E-state index contributed by atoms with van der Waals surface area (Å²) in [5, 5.41) is 6.21. The maximum Gasteiger partial charge on any atom is 0.401 e. The molecule has 0 saturated heterocycles. The van der Waals surface area contributed by atoms with E-state index in [1.165, 1.54) is 11.8 Å². The third-order valence-electron chi connectivity index (χ3n) is 2.73. The number of ether oxygens (including phenoxy) is 2. The van der Waals surface area contributed by atoms with E-state index in [9.17, 15) is 18.0 Å². The first kappa shape index (κ1) is 17.3. The monoisotopic (exact) mass is 309 g/mol. The number of esters is 1. The van der Waals surface area contributed by atoms with Crippen molar-refractivity contribution >= 4 is 5.97 Å². The highest BCUT2D eigenvalue weighted by Crippen LogP contribution is 2.29. The average Bonchev–Trinajstić information content (AvgIpc) is 2.63. The summed E-state index contributed by atoms with van der Waals surface area (Å²) in [6.45, 7) is 1.89. The molecule has 21 heavy (non-hydrogen) atoms. The molecule has 0 saturated carbocycles. The fourth-order valence-corrected chi connectivity index (χ4v) is 1.97. The number of alkyl halides is 3. The Labute approximate surface area is 120 Å². The van der Waals surface area contributed by atoms with Gasteiger partial charge in [-0.1, -0.05) is 0 Å². The van der Waals surface area contributed by atoms with Crippen LogP contribution in [0.4, 0.5) is 13.2 Å². The van der Waals surface area contributed by atoms with Gasteiger partial charge < -0.3 is 9.47 Å². The molecule has 1 N–H and O–H groups in total. The summed E-state index contributed by atoms with van der Waals surface area (Å²) in [6, 6.07) is -1.30. The fraction of sp³-hybridized carbons (Fsp3) is 0.667. The van der Waals surface area contributed by atoms with Crippen molar-refractivity contribution in [3.63, 3.8) is 0 Å². The van der Waals surface area contributed by atoms with Crippen LogP contribution in [0.25, 0.3) is 0 Å². The van der Waals surface area contributed by atoms with Crippen LogP contribution in [0.15, 0.2) is 0 Å². The van der Waals surface area contributed by atoms with E-state index in [0.29, 0.717) is 5.69 Å². The second-order valence-electron chi connectivity index (χ2n) is 4.31. The number of halogens is 3. The topological polar surface area (TPSA) is 65.4 Å². The maximum absolute atomic E-state index is 12.4. The molecule has 6 nitrogen and oxygen atoms in total. The number of methoxy groups -OCH3 is 1. The molecular formula is C12H18F3N3O3. The third-order valence-corrected chi connectivity index (χ3v) is 2.73. The van der Waals surface area contributed by atoms with Crippen LogP contribution in [-0.4, -0.2) is 42.2 Å². The zero-order valence-electron chi connectivity index (χ0n) is 12.2. The highest BCUT2D eigenvalue weighted by atomic mass is 19.4. The van der Waals surface area contributed by atoms with E-state index in [1.807, 2.05) is 0 Å². The van der Waals surface area contributed by atoms with Crippen LogP contribution in [0, 0.1) is 6.92 Å². The molecule has 9 heteroatoms. The van der Waals surface area contributed by atoms with Crippen molar-refractivity contribution in [2.45, 2.75) is 26.1 Å². The molecule has 0 aliphatic rings. The number of hydrogen-bond donors (Lipinski definition) is 1. The molecule has 1 aromatic rings. The molecule has 1 unspecified atom stereocenters. The van der Waals surface area contributed by atoms with Crippen molar-refractivity contribution in [1.82, 2.24) is 15.1 Å². The standard InChI is InChI=1S/C12H18F3N3O3/c1-5-21-11(19)9(16-6-12(13,14)15)8-7(2)17-18(3)10(8)20-4/h9,16H,5-6H2,1-4H3. The van der Waals surface area contributed by atoms with Crippen LogP contribution in [0.5, 0.6) is 5.88 Å². The minimum Gasteiger partial charge on any atom is -0.481 e. The highest BCUT2D eigenvalue weighted by molar-refractivity contribution is 5.79. The molecule has 0 aromatic carbocycles. The van der Waals surface area contributed by atoms with Gasteiger partial charge in [-0.05, 0) is 13.8 Å². The molecular weight excluding hydrogens is 291 g/mol. The molecule has 1 heterocycles. The van der Waals surface area contributed by atoms with Crippen LogP contribution >= 0.6 is 0 Å². The first-order chi connectivity index (χ1) is 9.71. The van der Waals surface area contributed by atoms with Crippen LogP contribution in [0.1, 0.15) is 24.2 Å². The summed E-state index contributed by atoms with van der Waals surface area (Å²) in [5.41, 5.74) is 0.629. The molecule has 0 spiro atoms. The smallest absolute Gasteiger partial charge is 0.401 e. The Morgan fingerprint density at radius 1 is 1.48 bits per heavy atom. The van der Waals surface area contributed by atoms with Crippen molar-refractivity contribution in [2.24, 2.45) is 7.05 Å². The van der Waals surface area contributed by atoms with Crippen molar-refractivity contribution in [3.05, 3.63) is 11.3 Å². The molecule has 1 aromatic heterocycles. The van der Waals surface area contributed by atoms with Crippen molar-refractivity contribution in [2.75, 3.05) is 20.3 Å². The van der Waals surface area contributed by atoms with E-state index in [0.717, 1.165) is 0 Å². The van der Waals surface area contributed by atoms with E-state index in [1.54, 1.807) is 20.9 Å². The lowest BCUT2D eigenvalue weighted by Gasteiger charge is -2.19. The predicted octanol–water partition coefficient (Wildman–Crippen LogP) is 1.49. The number of carbonyl (C=O) groups is 1. The number of rotatable bonds is 6. The van der Waals surface area contributed by atoms with Gasteiger partial charge in [0.1, 0.15) is 6.04 Å². The molecule has 0 fully saturated rings. The lowest BCUT2D eigenvalue weighted by atomic mass is 10.1. The van der Waals surface area contributed by atoms with Crippen molar-refractivity contribution < 1.29 is 27.4 Å². The highest BCUT2D eigenvalue weighted by Gasteiger charge is 2.35. The van der Waals surface area contributed by atoms with Crippen molar-refractivity contribution in [1.29, 1.82) is 0 Å². The van der Waals surface area contributed by atoms with Gasteiger partial charge in [-0.15, -0.1) is 0 Å². The minimum absolute atomic E-state index is 0.0602. The van der Waals surface area contributed by atoms with E-state index in [4.69, 9.17) is 9.47 Å². The number of carbonyl (C=O) groups excluding carboxylic acids is 1. The van der Waals surface area contributed by atoms with Gasteiger partial charge in [0.15, 0.2) is 0 Å². The van der Waals surface area contributed by atoms with Crippen LogP contribution < -0.4 is 10.1 Å². The Morgan fingerprint density at radius 2 is 2.10 bits per heavy atom. The number of hydrogen-bond acceptors (Lipinski definition) is 5. The van der Waals surface area contributed by atoms with Gasteiger partial charge in [0.25, 0.3) is 0 Å². The third kappa shape index (κ3) is 4.35. The SMILES string of the molecule is CCOC(=O)C(NCC(F)(F)F)c1c(C)nn(C)c1OC. The fourth-order valence-electron chi connectivity index (χ4n) is 1.97. The van der Waals surface area contributed by atoms with E-state index >= 15 is 0 Å².